The molecule has 6 nitrogen and oxygen atoms in total. The first-order chi connectivity index (χ1) is 13.5. The number of nitro benzene ring substituents is 1. The number of rotatable bonds is 5. The van der Waals surface area contributed by atoms with E-state index in [4.69, 9.17) is 0 Å². The highest BCUT2D eigenvalue weighted by atomic mass is 16.6. The maximum Gasteiger partial charge on any atom is 0.269 e. The van der Waals surface area contributed by atoms with Crippen LogP contribution in [0.3, 0.4) is 0 Å². The summed E-state index contributed by atoms with van der Waals surface area (Å²) >= 11 is 0. The molecule has 1 fully saturated rings. The van der Waals surface area contributed by atoms with Crippen LogP contribution in [0.15, 0.2) is 48.5 Å². The first kappa shape index (κ1) is 18.6. The summed E-state index contributed by atoms with van der Waals surface area (Å²) in [6.07, 6.45) is 3.36. The van der Waals surface area contributed by atoms with E-state index in [9.17, 15) is 14.9 Å². The summed E-state index contributed by atoms with van der Waals surface area (Å²) in [6.45, 7) is 3.96. The number of amides is 1. The average molecular weight is 379 g/mol. The molecule has 3 atom stereocenters. The quantitative estimate of drug-likeness (QED) is 0.636. The molecule has 146 valence electrons. The van der Waals surface area contributed by atoms with Crippen LogP contribution in [-0.4, -0.2) is 34.9 Å². The highest BCUT2D eigenvalue weighted by Crippen LogP contribution is 2.36. The molecule has 1 aliphatic heterocycles. The van der Waals surface area contributed by atoms with Gasteiger partial charge in [0.1, 0.15) is 0 Å². The lowest BCUT2D eigenvalue weighted by atomic mass is 9.98. The van der Waals surface area contributed by atoms with E-state index in [1.54, 1.807) is 19.1 Å². The number of hydrogen-bond acceptors (Lipinski definition) is 4. The second-order valence-corrected chi connectivity index (χ2v) is 7.77. The third-order valence-corrected chi connectivity index (χ3v) is 6.09. The van der Waals surface area contributed by atoms with E-state index in [1.165, 1.54) is 36.1 Å². The fraction of sp³-hybridized carbons (Fsp3) is 0.409. The molecule has 2 aromatic carbocycles. The van der Waals surface area contributed by atoms with E-state index in [0.29, 0.717) is 5.56 Å². The number of benzene rings is 2. The van der Waals surface area contributed by atoms with Gasteiger partial charge >= 0.3 is 0 Å². The molecule has 1 heterocycles. The van der Waals surface area contributed by atoms with E-state index in [-0.39, 0.29) is 23.7 Å². The molecule has 0 bridgehead atoms. The SMILES string of the molecule is CC(C(=O)NC1c2ccccc2CC1N1CCCC1)c1cccc([N+](=O)[O-])c1. The number of likely N-dealkylation sites (tertiary alicyclic amines) is 1. The molecular formula is C22H25N3O3. The molecule has 2 aliphatic rings. The largest absolute Gasteiger partial charge is 0.347 e. The highest BCUT2D eigenvalue weighted by molar-refractivity contribution is 5.84. The highest BCUT2D eigenvalue weighted by Gasteiger charge is 2.38. The van der Waals surface area contributed by atoms with Crippen molar-refractivity contribution in [1.29, 1.82) is 0 Å². The molecule has 1 amide bonds. The molecule has 1 saturated heterocycles. The van der Waals surface area contributed by atoms with Gasteiger partial charge in [0.05, 0.1) is 16.9 Å². The number of carbonyl (C=O) groups excluding carboxylic acids is 1. The van der Waals surface area contributed by atoms with Crippen LogP contribution in [0.5, 0.6) is 0 Å². The van der Waals surface area contributed by atoms with Crippen molar-refractivity contribution >= 4 is 11.6 Å². The second-order valence-electron chi connectivity index (χ2n) is 7.77. The number of nitrogens with one attached hydrogen (secondary N) is 1. The third-order valence-electron chi connectivity index (χ3n) is 6.09. The summed E-state index contributed by atoms with van der Waals surface area (Å²) in [5, 5.41) is 14.3. The van der Waals surface area contributed by atoms with Gasteiger partial charge in [-0.1, -0.05) is 36.4 Å². The van der Waals surface area contributed by atoms with E-state index in [1.807, 2.05) is 6.07 Å². The number of hydrogen-bond donors (Lipinski definition) is 1. The zero-order valence-corrected chi connectivity index (χ0v) is 16.0. The van der Waals surface area contributed by atoms with Gasteiger partial charge in [0.15, 0.2) is 0 Å². The fourth-order valence-electron chi connectivity index (χ4n) is 4.50. The van der Waals surface area contributed by atoms with Crippen LogP contribution in [0.2, 0.25) is 0 Å². The number of non-ortho nitro benzene ring substituents is 1. The van der Waals surface area contributed by atoms with Gasteiger partial charge in [-0.05, 0) is 56.0 Å². The fourth-order valence-corrected chi connectivity index (χ4v) is 4.50. The zero-order chi connectivity index (χ0) is 19.7. The maximum atomic E-state index is 13.1. The molecular weight excluding hydrogens is 354 g/mol. The second kappa shape index (κ2) is 7.72. The summed E-state index contributed by atoms with van der Waals surface area (Å²) < 4.78 is 0. The molecule has 0 saturated carbocycles. The van der Waals surface area contributed by atoms with Gasteiger partial charge in [0.25, 0.3) is 5.69 Å². The molecule has 28 heavy (non-hydrogen) atoms. The van der Waals surface area contributed by atoms with E-state index >= 15 is 0 Å². The van der Waals surface area contributed by atoms with Gasteiger partial charge in [0.2, 0.25) is 5.91 Å². The van der Waals surface area contributed by atoms with Crippen molar-refractivity contribution in [2.45, 2.75) is 44.2 Å². The number of carbonyl (C=O) groups is 1. The summed E-state index contributed by atoms with van der Waals surface area (Å²) in [5.74, 6) is -0.543. The Morgan fingerprint density at radius 3 is 2.68 bits per heavy atom. The first-order valence-electron chi connectivity index (χ1n) is 9.91. The van der Waals surface area contributed by atoms with Gasteiger partial charge in [-0.3, -0.25) is 19.8 Å². The Bertz CT molecular complexity index is 892. The summed E-state index contributed by atoms with van der Waals surface area (Å²) in [4.78, 5) is 26.2. The van der Waals surface area contributed by atoms with Gasteiger partial charge in [0, 0.05) is 18.2 Å². The first-order valence-corrected chi connectivity index (χ1v) is 9.91. The van der Waals surface area contributed by atoms with Crippen LogP contribution in [-0.2, 0) is 11.2 Å². The predicted molar refractivity (Wildman–Crippen MR) is 107 cm³/mol. The van der Waals surface area contributed by atoms with E-state index < -0.39 is 10.8 Å². The minimum Gasteiger partial charge on any atom is -0.347 e. The molecule has 4 rings (SSSR count). The van der Waals surface area contributed by atoms with E-state index in [2.05, 4.69) is 28.4 Å². The molecule has 0 radical (unpaired) electrons. The van der Waals surface area contributed by atoms with Crippen molar-refractivity contribution in [3.05, 3.63) is 75.3 Å². The smallest absolute Gasteiger partial charge is 0.269 e. The maximum absolute atomic E-state index is 13.1. The van der Waals surface area contributed by atoms with Crippen LogP contribution in [0.1, 0.15) is 48.4 Å². The van der Waals surface area contributed by atoms with Crippen molar-refractivity contribution < 1.29 is 9.72 Å². The van der Waals surface area contributed by atoms with Crippen LogP contribution < -0.4 is 5.32 Å². The Hall–Kier alpha value is -2.73. The van der Waals surface area contributed by atoms with Crippen LogP contribution in [0, 0.1) is 10.1 Å². The number of fused-ring (bicyclic) bond motifs is 1. The molecule has 0 spiro atoms. The Labute approximate surface area is 164 Å². The number of nitrogens with zero attached hydrogens (tertiary/aromatic N) is 2. The molecule has 2 aromatic rings. The monoisotopic (exact) mass is 379 g/mol. The van der Waals surface area contributed by atoms with E-state index in [0.717, 1.165) is 19.5 Å². The average Bonchev–Trinajstić information content (AvgIpc) is 3.36. The predicted octanol–water partition coefficient (Wildman–Crippen LogP) is 3.58. The lowest BCUT2D eigenvalue weighted by Gasteiger charge is -2.31. The molecule has 6 heteroatoms. The summed E-state index contributed by atoms with van der Waals surface area (Å²) in [7, 11) is 0. The van der Waals surface area contributed by atoms with Crippen LogP contribution in [0.25, 0.3) is 0 Å². The lowest BCUT2D eigenvalue weighted by Crippen LogP contribution is -2.44. The van der Waals surface area contributed by atoms with Crippen molar-refractivity contribution in [3.8, 4) is 0 Å². The molecule has 1 N–H and O–H groups in total. The summed E-state index contributed by atoms with van der Waals surface area (Å²) in [5.41, 5.74) is 3.17. The Morgan fingerprint density at radius 2 is 1.93 bits per heavy atom. The van der Waals surface area contributed by atoms with Crippen LogP contribution >= 0.6 is 0 Å². The van der Waals surface area contributed by atoms with Crippen molar-refractivity contribution in [2.75, 3.05) is 13.1 Å². The zero-order valence-electron chi connectivity index (χ0n) is 16.0. The molecule has 1 aliphatic carbocycles. The Balaban J connectivity index is 1.56. The van der Waals surface area contributed by atoms with Gasteiger partial charge in [-0.2, -0.15) is 0 Å². The third kappa shape index (κ3) is 3.52. The normalized spacial score (nSPS) is 22.6. The minimum atomic E-state index is -0.452. The molecule has 0 aromatic heterocycles. The number of nitro groups is 1. The lowest BCUT2D eigenvalue weighted by molar-refractivity contribution is -0.384. The standard InChI is InChI=1S/C22H25N3O3/c1-15(16-8-6-9-18(13-16)25(27)28)22(26)23-21-19-10-3-2-7-17(19)14-20(21)24-11-4-5-12-24/h2-3,6-10,13,15,20-21H,4-5,11-12,14H2,1H3,(H,23,26). The van der Waals surface area contributed by atoms with Crippen molar-refractivity contribution in [1.82, 2.24) is 10.2 Å². The van der Waals surface area contributed by atoms with Crippen LogP contribution in [0.4, 0.5) is 5.69 Å². The Kier molecular flexibility index (Phi) is 5.13. The minimum absolute atomic E-state index is 0.0123. The topological polar surface area (TPSA) is 75.5 Å². The van der Waals surface area contributed by atoms with Crippen molar-refractivity contribution in [2.24, 2.45) is 0 Å². The molecule has 3 unspecified atom stereocenters. The summed E-state index contributed by atoms with van der Waals surface area (Å²) in [6, 6.07) is 14.9. The van der Waals surface area contributed by atoms with Gasteiger partial charge in [-0.25, -0.2) is 0 Å². The van der Waals surface area contributed by atoms with Crippen molar-refractivity contribution in [3.63, 3.8) is 0 Å². The van der Waals surface area contributed by atoms with Gasteiger partial charge < -0.3 is 5.32 Å². The Morgan fingerprint density at radius 1 is 1.18 bits per heavy atom. The van der Waals surface area contributed by atoms with Gasteiger partial charge in [-0.15, -0.1) is 0 Å².